The second-order valence-electron chi connectivity index (χ2n) is 10.1. The molecule has 0 N–H and O–H groups in total. The van der Waals surface area contributed by atoms with E-state index in [0.29, 0.717) is 5.56 Å². The summed E-state index contributed by atoms with van der Waals surface area (Å²) >= 11 is 1.84. The second-order valence-corrected chi connectivity index (χ2v) is 11.2. The number of rotatable bonds is 3. The zero-order valence-electron chi connectivity index (χ0n) is 21.4. The topological polar surface area (TPSA) is 36.9 Å². The van der Waals surface area contributed by atoms with Gasteiger partial charge in [0.2, 0.25) is 0 Å². The molecule has 2 heterocycles. The van der Waals surface area contributed by atoms with Crippen LogP contribution in [-0.2, 0) is 0 Å². The highest BCUT2D eigenvalue weighted by atomic mass is 32.1. The normalized spacial score (nSPS) is 11.5. The van der Waals surface area contributed by atoms with Crippen LogP contribution in [0.5, 0.6) is 0 Å². The van der Waals surface area contributed by atoms with Gasteiger partial charge in [0.1, 0.15) is 11.2 Å². The smallest absolute Gasteiger partial charge is 0.136 e. The van der Waals surface area contributed by atoms with Crippen molar-refractivity contribution in [3.63, 3.8) is 0 Å². The number of benzene rings is 6. The van der Waals surface area contributed by atoms with Crippen LogP contribution < -0.4 is 0 Å². The van der Waals surface area contributed by atoms with E-state index in [1.165, 1.54) is 25.7 Å². The molecule has 2 aromatic heterocycles. The average Bonchev–Trinajstić information content (AvgIpc) is 3.59. The van der Waals surface area contributed by atoms with Crippen LogP contribution in [0, 0.1) is 11.3 Å². The summed E-state index contributed by atoms with van der Waals surface area (Å²) in [7, 11) is 0. The molecule has 0 aliphatic carbocycles. The molecule has 6 aromatic carbocycles. The number of nitriles is 1. The molecule has 0 amide bonds. The van der Waals surface area contributed by atoms with Gasteiger partial charge in [-0.25, -0.2) is 0 Å². The highest BCUT2D eigenvalue weighted by Gasteiger charge is 2.15. The first kappa shape index (κ1) is 22.8. The Morgan fingerprint density at radius 3 is 2.02 bits per heavy atom. The highest BCUT2D eigenvalue weighted by Crippen LogP contribution is 2.42. The van der Waals surface area contributed by atoms with Gasteiger partial charge in [0.25, 0.3) is 0 Å². The highest BCUT2D eigenvalue weighted by molar-refractivity contribution is 7.25. The number of thiophene rings is 1. The van der Waals surface area contributed by atoms with Gasteiger partial charge in [-0.05, 0) is 94.0 Å². The summed E-state index contributed by atoms with van der Waals surface area (Å²) in [5.41, 5.74) is 9.23. The molecule has 0 bridgehead atoms. The zero-order valence-corrected chi connectivity index (χ0v) is 22.2. The van der Waals surface area contributed by atoms with E-state index in [2.05, 4.69) is 91.0 Å². The second kappa shape index (κ2) is 8.95. The van der Waals surface area contributed by atoms with Gasteiger partial charge >= 0.3 is 0 Å². The molecule has 8 rings (SSSR count). The van der Waals surface area contributed by atoms with Crippen LogP contribution in [0.1, 0.15) is 5.56 Å². The van der Waals surface area contributed by atoms with Gasteiger partial charge in [-0.3, -0.25) is 0 Å². The molecule has 0 fully saturated rings. The fourth-order valence-corrected chi connectivity index (χ4v) is 6.91. The number of furan rings is 1. The SMILES string of the molecule is N#Cc1ccc(-c2cc(-c3ccc4c(c3)oc3ccccc34)cc(-c3cccc4sc5ccccc5c34)c2)cc1. The third kappa shape index (κ3) is 3.62. The van der Waals surface area contributed by atoms with Crippen molar-refractivity contribution in [2.75, 3.05) is 0 Å². The summed E-state index contributed by atoms with van der Waals surface area (Å²) in [5.74, 6) is 0. The van der Waals surface area contributed by atoms with Crippen molar-refractivity contribution >= 4 is 53.4 Å². The molecule has 0 spiro atoms. The molecular weight excluding hydrogens is 506 g/mol. The summed E-state index contributed by atoms with van der Waals surface area (Å²) in [6.07, 6.45) is 0. The fourth-order valence-electron chi connectivity index (χ4n) is 5.77. The van der Waals surface area contributed by atoms with Crippen LogP contribution in [0.15, 0.2) is 132 Å². The van der Waals surface area contributed by atoms with Crippen LogP contribution in [-0.4, -0.2) is 0 Å². The van der Waals surface area contributed by atoms with Gasteiger partial charge in [0.05, 0.1) is 11.6 Å². The Kier molecular flexibility index (Phi) is 5.10. The van der Waals surface area contributed by atoms with Crippen LogP contribution >= 0.6 is 11.3 Å². The maximum absolute atomic E-state index is 9.33. The fraction of sp³-hybridized carbons (Fsp3) is 0. The molecule has 0 radical (unpaired) electrons. The first-order chi connectivity index (χ1) is 19.7. The lowest BCUT2D eigenvalue weighted by atomic mass is 9.91. The molecule has 0 unspecified atom stereocenters. The summed E-state index contributed by atoms with van der Waals surface area (Å²) in [4.78, 5) is 0. The Morgan fingerprint density at radius 2 is 1.18 bits per heavy atom. The average molecular weight is 528 g/mol. The summed E-state index contributed by atoms with van der Waals surface area (Å²) in [6.45, 7) is 0. The minimum Gasteiger partial charge on any atom is -0.456 e. The standard InChI is InChI=1S/C37H21NOS/c38-22-23-12-14-24(15-13-23)26-18-27(25-16-17-31-30-6-1-3-9-33(30)39-34(31)21-25)20-28(19-26)29-8-5-11-36-37(29)32-7-2-4-10-35(32)40-36/h1-21H. The predicted molar refractivity (Wildman–Crippen MR) is 168 cm³/mol. The third-order valence-corrected chi connectivity index (χ3v) is 8.84. The molecule has 8 aromatic rings. The van der Waals surface area contributed by atoms with Gasteiger partial charge in [-0.2, -0.15) is 5.26 Å². The van der Waals surface area contributed by atoms with Crippen LogP contribution in [0.4, 0.5) is 0 Å². The number of hydrogen-bond donors (Lipinski definition) is 0. The lowest BCUT2D eigenvalue weighted by Gasteiger charge is -2.13. The van der Waals surface area contributed by atoms with E-state index >= 15 is 0 Å². The quantitative estimate of drug-likeness (QED) is 0.229. The Bertz CT molecular complexity index is 2280. The maximum atomic E-state index is 9.33. The van der Waals surface area contributed by atoms with E-state index in [1.54, 1.807) is 0 Å². The van der Waals surface area contributed by atoms with Gasteiger partial charge < -0.3 is 4.42 Å². The first-order valence-corrected chi connectivity index (χ1v) is 14.0. The van der Waals surface area contributed by atoms with Crippen molar-refractivity contribution < 1.29 is 4.42 Å². The van der Waals surface area contributed by atoms with E-state index in [1.807, 2.05) is 53.8 Å². The number of para-hydroxylation sites is 1. The lowest BCUT2D eigenvalue weighted by molar-refractivity contribution is 0.669. The Hall–Kier alpha value is -5.17. The molecular formula is C37H21NOS. The summed E-state index contributed by atoms with van der Waals surface area (Å²) in [6, 6.07) is 46.8. The van der Waals surface area contributed by atoms with Crippen LogP contribution in [0.2, 0.25) is 0 Å². The van der Waals surface area contributed by atoms with E-state index in [4.69, 9.17) is 4.42 Å². The van der Waals surface area contributed by atoms with Crippen molar-refractivity contribution in [1.29, 1.82) is 5.26 Å². The molecule has 0 atom stereocenters. The molecule has 0 aliphatic rings. The molecule has 3 heteroatoms. The van der Waals surface area contributed by atoms with E-state index in [-0.39, 0.29) is 0 Å². The lowest BCUT2D eigenvalue weighted by Crippen LogP contribution is -1.87. The number of hydrogen-bond acceptors (Lipinski definition) is 3. The first-order valence-electron chi connectivity index (χ1n) is 13.2. The monoisotopic (exact) mass is 527 g/mol. The van der Waals surface area contributed by atoms with Crippen LogP contribution in [0.3, 0.4) is 0 Å². The minimum absolute atomic E-state index is 0.657. The summed E-state index contributed by atoms with van der Waals surface area (Å²) in [5, 5.41) is 14.2. The van der Waals surface area contributed by atoms with E-state index in [0.717, 1.165) is 49.8 Å². The van der Waals surface area contributed by atoms with Crippen molar-refractivity contribution in [1.82, 2.24) is 0 Å². The van der Waals surface area contributed by atoms with E-state index < -0.39 is 0 Å². The Labute approximate surface area is 235 Å². The van der Waals surface area contributed by atoms with Crippen molar-refractivity contribution in [2.24, 2.45) is 0 Å². The minimum atomic E-state index is 0.657. The molecule has 186 valence electrons. The molecule has 0 saturated heterocycles. The molecule has 2 nitrogen and oxygen atoms in total. The number of nitrogens with zero attached hydrogens (tertiary/aromatic N) is 1. The number of fused-ring (bicyclic) bond motifs is 6. The molecule has 40 heavy (non-hydrogen) atoms. The summed E-state index contributed by atoms with van der Waals surface area (Å²) < 4.78 is 8.82. The van der Waals surface area contributed by atoms with E-state index in [9.17, 15) is 5.26 Å². The predicted octanol–water partition coefficient (Wildman–Crippen LogP) is 10.8. The van der Waals surface area contributed by atoms with Crippen molar-refractivity contribution in [3.8, 4) is 39.4 Å². The van der Waals surface area contributed by atoms with Gasteiger partial charge in [0, 0.05) is 30.9 Å². The Morgan fingerprint density at radius 1 is 0.500 bits per heavy atom. The van der Waals surface area contributed by atoms with Gasteiger partial charge in [-0.15, -0.1) is 11.3 Å². The third-order valence-electron chi connectivity index (χ3n) is 7.71. The van der Waals surface area contributed by atoms with Crippen LogP contribution in [0.25, 0.3) is 75.5 Å². The van der Waals surface area contributed by atoms with Crippen molar-refractivity contribution in [3.05, 3.63) is 133 Å². The maximum Gasteiger partial charge on any atom is 0.136 e. The van der Waals surface area contributed by atoms with Crippen molar-refractivity contribution in [2.45, 2.75) is 0 Å². The molecule has 0 aliphatic heterocycles. The molecule has 0 saturated carbocycles. The Balaban J connectivity index is 1.38. The van der Waals surface area contributed by atoms with Gasteiger partial charge in [0.15, 0.2) is 0 Å². The van der Waals surface area contributed by atoms with Gasteiger partial charge in [-0.1, -0.05) is 66.7 Å². The largest absolute Gasteiger partial charge is 0.456 e. The zero-order chi connectivity index (χ0) is 26.6.